The molecule has 30 heavy (non-hydrogen) atoms. The third-order valence-corrected chi connectivity index (χ3v) is 4.32. The van der Waals surface area contributed by atoms with Gasteiger partial charge in [0.1, 0.15) is 18.6 Å². The lowest BCUT2D eigenvalue weighted by Crippen LogP contribution is -2.25. The normalized spacial score (nSPS) is 10.7. The summed E-state index contributed by atoms with van der Waals surface area (Å²) >= 11 is 0. The third-order valence-electron chi connectivity index (χ3n) is 4.32. The number of hydrogen-bond donors (Lipinski definition) is 2. The number of hydrogen-bond acceptors (Lipinski definition) is 7. The highest BCUT2D eigenvalue weighted by Gasteiger charge is 2.10. The Labute approximate surface area is 173 Å². The van der Waals surface area contributed by atoms with Gasteiger partial charge in [0.05, 0.1) is 18.3 Å². The van der Waals surface area contributed by atoms with Gasteiger partial charge in [-0.15, -0.1) is 0 Å². The SMILES string of the molecule is CC(=O)NCCOc1cc(Nc2ncc3cc(C)ccc3n2)cc(-c2ncco2)c1. The Kier molecular flexibility index (Phi) is 5.56. The maximum absolute atomic E-state index is 11.0. The van der Waals surface area contributed by atoms with Crippen LogP contribution in [0.4, 0.5) is 11.6 Å². The van der Waals surface area contributed by atoms with Crippen LogP contribution in [0, 0.1) is 6.92 Å². The molecule has 152 valence electrons. The third kappa shape index (κ3) is 4.72. The first-order valence-corrected chi connectivity index (χ1v) is 9.49. The highest BCUT2D eigenvalue weighted by Crippen LogP contribution is 2.29. The van der Waals surface area contributed by atoms with Crippen molar-refractivity contribution in [2.75, 3.05) is 18.5 Å². The maximum atomic E-state index is 11.0. The van der Waals surface area contributed by atoms with Crippen molar-refractivity contribution in [3.63, 3.8) is 0 Å². The van der Waals surface area contributed by atoms with Gasteiger partial charge in [0.15, 0.2) is 0 Å². The molecule has 0 aliphatic carbocycles. The lowest BCUT2D eigenvalue weighted by molar-refractivity contribution is -0.119. The van der Waals surface area contributed by atoms with Crippen molar-refractivity contribution in [1.82, 2.24) is 20.3 Å². The molecule has 0 bridgehead atoms. The monoisotopic (exact) mass is 403 g/mol. The zero-order valence-corrected chi connectivity index (χ0v) is 16.7. The molecular weight excluding hydrogens is 382 g/mol. The summed E-state index contributed by atoms with van der Waals surface area (Å²) in [5.74, 6) is 1.45. The number of anilines is 2. The first kappa shape index (κ1) is 19.4. The maximum Gasteiger partial charge on any atom is 0.227 e. The molecule has 0 spiro atoms. The molecule has 4 rings (SSSR count). The molecule has 2 N–H and O–H groups in total. The van der Waals surface area contributed by atoms with Crippen molar-refractivity contribution in [3.8, 4) is 17.2 Å². The molecule has 2 heterocycles. The molecular formula is C22H21N5O3. The van der Waals surface area contributed by atoms with Gasteiger partial charge in [-0.2, -0.15) is 0 Å². The first-order valence-electron chi connectivity index (χ1n) is 9.49. The summed E-state index contributed by atoms with van der Waals surface area (Å²) in [6.45, 7) is 4.25. The molecule has 8 heteroatoms. The van der Waals surface area contributed by atoms with Crippen LogP contribution in [0.15, 0.2) is 59.5 Å². The highest BCUT2D eigenvalue weighted by molar-refractivity contribution is 5.80. The van der Waals surface area contributed by atoms with Gasteiger partial charge in [0.2, 0.25) is 17.7 Å². The zero-order chi connectivity index (χ0) is 20.9. The number of aryl methyl sites for hydroxylation is 1. The fraction of sp³-hybridized carbons (Fsp3) is 0.182. The predicted octanol–water partition coefficient (Wildman–Crippen LogP) is 3.85. The van der Waals surface area contributed by atoms with Crippen molar-refractivity contribution in [3.05, 3.63) is 60.6 Å². The van der Waals surface area contributed by atoms with Gasteiger partial charge in [-0.25, -0.2) is 15.0 Å². The molecule has 0 aliphatic heterocycles. The molecule has 4 aromatic rings. The van der Waals surface area contributed by atoms with Crippen LogP contribution in [-0.4, -0.2) is 34.0 Å². The van der Waals surface area contributed by atoms with Crippen LogP contribution in [0.5, 0.6) is 5.75 Å². The van der Waals surface area contributed by atoms with E-state index < -0.39 is 0 Å². The number of benzene rings is 2. The van der Waals surface area contributed by atoms with Crippen LogP contribution in [0.25, 0.3) is 22.4 Å². The van der Waals surface area contributed by atoms with E-state index in [0.29, 0.717) is 30.7 Å². The number of aromatic nitrogens is 3. The summed E-state index contributed by atoms with van der Waals surface area (Å²) in [6, 6.07) is 11.6. The lowest BCUT2D eigenvalue weighted by atomic mass is 10.1. The van der Waals surface area contributed by atoms with Gasteiger partial charge in [0, 0.05) is 35.8 Å². The number of carbonyl (C=O) groups excluding carboxylic acids is 1. The molecule has 8 nitrogen and oxygen atoms in total. The molecule has 2 aromatic carbocycles. The molecule has 0 saturated heterocycles. The summed E-state index contributed by atoms with van der Waals surface area (Å²) in [7, 11) is 0. The van der Waals surface area contributed by atoms with Gasteiger partial charge in [0.25, 0.3) is 0 Å². The van der Waals surface area contributed by atoms with E-state index in [9.17, 15) is 4.79 Å². The molecule has 0 fully saturated rings. The minimum atomic E-state index is -0.0989. The van der Waals surface area contributed by atoms with Gasteiger partial charge < -0.3 is 19.8 Å². The quantitative estimate of drug-likeness (QED) is 0.452. The first-order chi connectivity index (χ1) is 14.6. The molecule has 0 atom stereocenters. The van der Waals surface area contributed by atoms with E-state index in [-0.39, 0.29) is 5.91 Å². The second kappa shape index (κ2) is 8.60. The zero-order valence-electron chi connectivity index (χ0n) is 16.7. The van der Waals surface area contributed by atoms with E-state index in [2.05, 4.69) is 25.6 Å². The van der Waals surface area contributed by atoms with Crippen LogP contribution in [0.3, 0.4) is 0 Å². The van der Waals surface area contributed by atoms with Crippen LogP contribution < -0.4 is 15.4 Å². The summed E-state index contributed by atoms with van der Waals surface area (Å²) in [5, 5.41) is 6.91. The predicted molar refractivity (Wildman–Crippen MR) is 114 cm³/mol. The van der Waals surface area contributed by atoms with Crippen molar-refractivity contribution >= 4 is 28.4 Å². The number of oxazole rings is 1. The Hall–Kier alpha value is -3.94. The van der Waals surface area contributed by atoms with Gasteiger partial charge in [-0.3, -0.25) is 4.79 Å². The number of fused-ring (bicyclic) bond motifs is 1. The average molecular weight is 403 g/mol. The van der Waals surface area contributed by atoms with Crippen molar-refractivity contribution in [2.24, 2.45) is 0 Å². The van der Waals surface area contributed by atoms with Crippen molar-refractivity contribution in [1.29, 1.82) is 0 Å². The second-order valence-electron chi connectivity index (χ2n) is 6.80. The number of rotatable bonds is 7. The molecule has 0 unspecified atom stereocenters. The molecule has 1 amide bonds. The van der Waals surface area contributed by atoms with Gasteiger partial charge in [-0.1, -0.05) is 11.6 Å². The fourth-order valence-electron chi connectivity index (χ4n) is 2.98. The summed E-state index contributed by atoms with van der Waals surface area (Å²) in [4.78, 5) is 24.2. The van der Waals surface area contributed by atoms with Crippen LogP contribution in [0.1, 0.15) is 12.5 Å². The largest absolute Gasteiger partial charge is 0.492 e. The smallest absolute Gasteiger partial charge is 0.227 e. The molecule has 0 saturated carbocycles. The van der Waals surface area contributed by atoms with Gasteiger partial charge in [-0.05, 0) is 31.2 Å². The second-order valence-corrected chi connectivity index (χ2v) is 6.80. The van der Waals surface area contributed by atoms with Crippen molar-refractivity contribution in [2.45, 2.75) is 13.8 Å². The van der Waals surface area contributed by atoms with Crippen LogP contribution in [-0.2, 0) is 4.79 Å². The van der Waals surface area contributed by atoms with E-state index >= 15 is 0 Å². The van der Waals surface area contributed by atoms with E-state index in [0.717, 1.165) is 27.7 Å². The number of nitrogens with zero attached hydrogens (tertiary/aromatic N) is 3. The Bertz CT molecular complexity index is 1170. The number of amides is 1. The topological polar surface area (TPSA) is 102 Å². The minimum Gasteiger partial charge on any atom is -0.492 e. The van der Waals surface area contributed by atoms with Crippen LogP contribution >= 0.6 is 0 Å². The molecule has 0 radical (unpaired) electrons. The Morgan fingerprint density at radius 3 is 2.87 bits per heavy atom. The summed E-state index contributed by atoms with van der Waals surface area (Å²) in [5.41, 5.74) is 3.49. The van der Waals surface area contributed by atoms with E-state index in [1.165, 1.54) is 13.2 Å². The molecule has 2 aromatic heterocycles. The Morgan fingerprint density at radius 1 is 1.17 bits per heavy atom. The Morgan fingerprint density at radius 2 is 2.07 bits per heavy atom. The van der Waals surface area contributed by atoms with E-state index in [1.807, 2.05) is 43.3 Å². The molecule has 0 aliphatic rings. The fourth-order valence-corrected chi connectivity index (χ4v) is 2.98. The highest BCUT2D eigenvalue weighted by atomic mass is 16.5. The minimum absolute atomic E-state index is 0.0989. The summed E-state index contributed by atoms with van der Waals surface area (Å²) < 4.78 is 11.2. The number of ether oxygens (including phenoxy) is 1. The Balaban J connectivity index is 1.59. The lowest BCUT2D eigenvalue weighted by Gasteiger charge is -2.12. The summed E-state index contributed by atoms with van der Waals surface area (Å²) in [6.07, 6.45) is 4.89. The van der Waals surface area contributed by atoms with Crippen molar-refractivity contribution < 1.29 is 13.9 Å². The van der Waals surface area contributed by atoms with Gasteiger partial charge >= 0.3 is 0 Å². The number of carbonyl (C=O) groups is 1. The van der Waals surface area contributed by atoms with E-state index in [4.69, 9.17) is 9.15 Å². The van der Waals surface area contributed by atoms with E-state index in [1.54, 1.807) is 12.4 Å². The number of nitrogens with one attached hydrogen (secondary N) is 2. The van der Waals surface area contributed by atoms with Crippen LogP contribution in [0.2, 0.25) is 0 Å². The average Bonchev–Trinajstić information content (AvgIpc) is 3.26. The standard InChI is InChI=1S/C22H21N5O3/c1-14-3-4-20-17(9-14)13-25-22(27-20)26-18-10-16(21-24-6-8-30-21)11-19(12-18)29-7-5-23-15(2)28/h3-4,6,8-13H,5,7H2,1-2H3,(H,23,28)(H,25,26,27).